The minimum Gasteiger partial charge on any atom is -0.395 e. The fourth-order valence-electron chi connectivity index (χ4n) is 0.667. The van der Waals surface area contributed by atoms with E-state index in [1.54, 1.807) is 0 Å². The predicted molar refractivity (Wildman–Crippen MR) is 32.0 cm³/mol. The van der Waals surface area contributed by atoms with Crippen molar-refractivity contribution >= 4 is 5.78 Å². The molecule has 0 aliphatic rings. The van der Waals surface area contributed by atoms with Crippen LogP contribution >= 0.6 is 0 Å². The minimum absolute atomic E-state index is 0.00463. The van der Waals surface area contributed by atoms with Crippen LogP contribution in [0.4, 0.5) is 0 Å². The van der Waals surface area contributed by atoms with Crippen molar-refractivity contribution in [2.45, 2.75) is 13.8 Å². The molecule has 0 aliphatic heterocycles. The molecule has 1 heterocycles. The first-order valence-corrected chi connectivity index (χ1v) is 2.72. The summed E-state index contributed by atoms with van der Waals surface area (Å²) < 4.78 is 8.84. The van der Waals surface area contributed by atoms with Crippen LogP contribution in [0.1, 0.15) is 23.2 Å². The zero-order valence-electron chi connectivity index (χ0n) is 5.63. The summed E-state index contributed by atoms with van der Waals surface area (Å²) in [6.45, 7) is 2.81. The van der Waals surface area contributed by atoms with Crippen LogP contribution in [0.15, 0.2) is 13.6 Å². The van der Waals surface area contributed by atoms with Gasteiger partial charge in [-0.15, -0.1) is 0 Å². The van der Waals surface area contributed by atoms with Crippen molar-refractivity contribution in [3.05, 3.63) is 22.1 Å². The van der Waals surface area contributed by atoms with E-state index in [0.717, 1.165) is 0 Å². The van der Waals surface area contributed by atoms with Crippen molar-refractivity contribution in [1.82, 2.24) is 0 Å². The summed E-state index contributed by atoms with van der Waals surface area (Å²) in [6, 6.07) is 0. The molecule has 10 heavy (non-hydrogen) atoms. The molecule has 0 aliphatic carbocycles. The Morgan fingerprint density at radius 3 is 2.20 bits per heavy atom. The van der Waals surface area contributed by atoms with Gasteiger partial charge in [0.1, 0.15) is 0 Å². The van der Waals surface area contributed by atoms with Gasteiger partial charge >= 0.3 is 5.82 Å². The molecule has 0 amide bonds. The molecule has 1 aromatic rings. The number of Topliss-reactive ketones (excluding diaryl/α,β-unsaturated/α-hetero) is 1. The lowest BCUT2D eigenvalue weighted by Gasteiger charge is -1.82. The monoisotopic (exact) mass is 142 g/mol. The van der Waals surface area contributed by atoms with Gasteiger partial charge in [0, 0.05) is 6.92 Å². The molecule has 0 atom stereocenters. The van der Waals surface area contributed by atoms with Gasteiger partial charge in [-0.3, -0.25) is 4.79 Å². The number of rotatable bonds is 1. The van der Waals surface area contributed by atoms with Crippen molar-refractivity contribution in [1.29, 1.82) is 0 Å². The Morgan fingerprint density at radius 1 is 1.40 bits per heavy atom. The molecule has 0 radical (unpaired) electrons. The van der Waals surface area contributed by atoms with Crippen LogP contribution in [0, 0.1) is 6.92 Å². The van der Waals surface area contributed by atoms with Crippen LogP contribution < -0.4 is 5.82 Å². The summed E-state index contributed by atoms with van der Waals surface area (Å²) in [4.78, 5) is 20.9. The molecule has 54 valence electrons. The van der Waals surface area contributed by atoms with Gasteiger partial charge in [0.2, 0.25) is 5.76 Å². The van der Waals surface area contributed by atoms with Crippen LogP contribution in [0.5, 0.6) is 0 Å². The van der Waals surface area contributed by atoms with E-state index < -0.39 is 5.82 Å². The summed E-state index contributed by atoms with van der Waals surface area (Å²) >= 11 is 0. The maximum absolute atomic E-state index is 10.6. The van der Waals surface area contributed by atoms with E-state index in [4.69, 9.17) is 0 Å². The highest BCUT2D eigenvalue weighted by atomic mass is 16.6. The second-order valence-electron chi connectivity index (χ2n) is 1.90. The molecular weight excluding hydrogens is 136 g/mol. The molecule has 0 saturated heterocycles. The predicted octanol–water partition coefficient (Wildman–Crippen LogP) is 0.744. The third-order valence-corrected chi connectivity index (χ3v) is 1.06. The van der Waals surface area contributed by atoms with Crippen molar-refractivity contribution in [3.8, 4) is 0 Å². The normalized spacial score (nSPS) is 9.80. The zero-order valence-corrected chi connectivity index (χ0v) is 5.63. The van der Waals surface area contributed by atoms with Gasteiger partial charge in [-0.1, -0.05) is 0 Å². The molecule has 1 rings (SSSR count). The van der Waals surface area contributed by atoms with Gasteiger partial charge in [-0.05, 0) is 6.92 Å². The molecule has 0 N–H and O–H groups in total. The molecule has 0 aromatic carbocycles. The average molecular weight is 142 g/mol. The molecule has 0 fully saturated rings. The molecule has 0 saturated carbocycles. The van der Waals surface area contributed by atoms with E-state index in [-0.39, 0.29) is 17.3 Å². The average Bonchev–Trinajstić information content (AvgIpc) is 2.10. The Bertz CT molecular complexity index is 304. The van der Waals surface area contributed by atoms with E-state index in [2.05, 4.69) is 8.83 Å². The van der Waals surface area contributed by atoms with E-state index in [0.29, 0.717) is 0 Å². The van der Waals surface area contributed by atoms with E-state index in [1.165, 1.54) is 13.8 Å². The SMILES string of the molecule is CC(=O)c1oc(=O)oc1C. The van der Waals surface area contributed by atoms with E-state index >= 15 is 0 Å². The van der Waals surface area contributed by atoms with Gasteiger partial charge in [-0.2, -0.15) is 0 Å². The maximum atomic E-state index is 10.6. The lowest BCUT2D eigenvalue weighted by atomic mass is 10.3. The molecule has 0 spiro atoms. The van der Waals surface area contributed by atoms with Crippen LogP contribution in [0.25, 0.3) is 0 Å². The Labute approximate surface area is 56.4 Å². The van der Waals surface area contributed by atoms with Gasteiger partial charge in [0.25, 0.3) is 0 Å². The molecule has 4 heteroatoms. The number of carbonyl (C=O) groups is 1. The first kappa shape index (κ1) is 6.80. The van der Waals surface area contributed by atoms with Gasteiger partial charge in [0.05, 0.1) is 0 Å². The van der Waals surface area contributed by atoms with Crippen molar-refractivity contribution in [2.24, 2.45) is 0 Å². The summed E-state index contributed by atoms with van der Waals surface area (Å²) in [6.07, 6.45) is 0. The fourth-order valence-corrected chi connectivity index (χ4v) is 0.667. The van der Waals surface area contributed by atoms with Crippen LogP contribution in [0.3, 0.4) is 0 Å². The zero-order chi connectivity index (χ0) is 7.72. The molecular formula is C6H6O4. The summed E-state index contributed by atoms with van der Waals surface area (Å²) in [5, 5.41) is 0. The third kappa shape index (κ3) is 1.00. The number of hydrogen-bond acceptors (Lipinski definition) is 4. The topological polar surface area (TPSA) is 60.4 Å². The molecule has 0 unspecified atom stereocenters. The van der Waals surface area contributed by atoms with E-state index in [9.17, 15) is 9.59 Å². The van der Waals surface area contributed by atoms with Gasteiger partial charge < -0.3 is 8.83 Å². The summed E-state index contributed by atoms with van der Waals surface area (Å²) in [5.74, 6) is -0.895. The largest absolute Gasteiger partial charge is 0.519 e. The van der Waals surface area contributed by atoms with Crippen molar-refractivity contribution in [3.63, 3.8) is 0 Å². The third-order valence-electron chi connectivity index (χ3n) is 1.06. The van der Waals surface area contributed by atoms with Crippen molar-refractivity contribution in [2.75, 3.05) is 0 Å². The Balaban J connectivity index is 3.28. The lowest BCUT2D eigenvalue weighted by molar-refractivity contribution is 0.0984. The molecule has 4 nitrogen and oxygen atoms in total. The maximum Gasteiger partial charge on any atom is 0.519 e. The highest BCUT2D eigenvalue weighted by molar-refractivity contribution is 5.91. The molecule has 0 bridgehead atoms. The standard InChI is InChI=1S/C6H6O4/c1-3(7)5-4(2)9-6(8)10-5/h1-2H3. The summed E-state index contributed by atoms with van der Waals surface area (Å²) in [5.41, 5.74) is 0. The van der Waals surface area contributed by atoms with Crippen LogP contribution in [-0.4, -0.2) is 5.78 Å². The van der Waals surface area contributed by atoms with Crippen LogP contribution in [0.2, 0.25) is 0 Å². The Morgan fingerprint density at radius 2 is 2.00 bits per heavy atom. The molecule has 1 aromatic heterocycles. The fraction of sp³-hybridized carbons (Fsp3) is 0.333. The summed E-state index contributed by atoms with van der Waals surface area (Å²) in [7, 11) is 0. The highest BCUT2D eigenvalue weighted by Crippen LogP contribution is 2.04. The first-order valence-electron chi connectivity index (χ1n) is 2.72. The van der Waals surface area contributed by atoms with E-state index in [1.807, 2.05) is 0 Å². The number of carbonyl (C=O) groups excluding carboxylic acids is 1. The first-order chi connectivity index (χ1) is 4.61. The van der Waals surface area contributed by atoms with Crippen molar-refractivity contribution < 1.29 is 13.6 Å². The Kier molecular flexibility index (Phi) is 1.45. The quantitative estimate of drug-likeness (QED) is 0.542. The van der Waals surface area contributed by atoms with Gasteiger partial charge in [-0.25, -0.2) is 4.79 Å². The number of hydrogen-bond donors (Lipinski definition) is 0. The van der Waals surface area contributed by atoms with Crippen LogP contribution in [-0.2, 0) is 0 Å². The highest BCUT2D eigenvalue weighted by Gasteiger charge is 2.11. The number of aryl methyl sites for hydroxylation is 1. The Hall–Kier alpha value is -1.32. The lowest BCUT2D eigenvalue weighted by Crippen LogP contribution is -1.92. The minimum atomic E-state index is -0.831. The second kappa shape index (κ2) is 2.13. The second-order valence-corrected chi connectivity index (χ2v) is 1.90. The smallest absolute Gasteiger partial charge is 0.395 e. The number of ketones is 1. The van der Waals surface area contributed by atoms with Gasteiger partial charge in [0.15, 0.2) is 11.5 Å².